The van der Waals surface area contributed by atoms with Gasteiger partial charge in [-0.05, 0) is 45.5 Å². The number of rotatable bonds is 5. The molecular weight excluding hydrogens is 258 g/mol. The lowest BCUT2D eigenvalue weighted by molar-refractivity contribution is 0.208. The highest BCUT2D eigenvalue weighted by Gasteiger charge is 2.21. The molecular formula is C18H25N3. The number of pyridine rings is 1. The fraction of sp³-hybridized carbons (Fsp3) is 0.389. The Hall–Kier alpha value is -1.71. The normalized spacial score (nSPS) is 14.2. The van der Waals surface area contributed by atoms with Crippen LogP contribution in [-0.2, 0) is 6.54 Å². The zero-order valence-electron chi connectivity index (χ0n) is 13.4. The van der Waals surface area contributed by atoms with Crippen molar-refractivity contribution in [2.45, 2.75) is 39.4 Å². The van der Waals surface area contributed by atoms with Crippen LogP contribution in [0.4, 0.5) is 0 Å². The van der Waals surface area contributed by atoms with E-state index in [2.05, 4.69) is 67.2 Å². The van der Waals surface area contributed by atoms with E-state index in [1.165, 1.54) is 11.1 Å². The van der Waals surface area contributed by atoms with Crippen LogP contribution in [0.25, 0.3) is 0 Å². The second-order valence-corrected chi connectivity index (χ2v) is 5.90. The van der Waals surface area contributed by atoms with Crippen molar-refractivity contribution in [1.82, 2.24) is 9.88 Å². The molecule has 0 amide bonds. The van der Waals surface area contributed by atoms with Crippen LogP contribution < -0.4 is 5.73 Å². The molecule has 0 aliphatic heterocycles. The lowest BCUT2D eigenvalue weighted by Gasteiger charge is -2.31. The molecule has 0 spiro atoms. The smallest absolute Gasteiger partial charge is 0.0547 e. The van der Waals surface area contributed by atoms with Gasteiger partial charge in [-0.3, -0.25) is 9.88 Å². The van der Waals surface area contributed by atoms with Gasteiger partial charge in [0.2, 0.25) is 0 Å². The third kappa shape index (κ3) is 4.13. The Morgan fingerprint density at radius 2 is 1.76 bits per heavy atom. The summed E-state index contributed by atoms with van der Waals surface area (Å²) in [6.45, 7) is 6.98. The summed E-state index contributed by atoms with van der Waals surface area (Å²) in [6.07, 6.45) is 0. The minimum atomic E-state index is 0.0579. The lowest BCUT2D eigenvalue weighted by atomic mass is 9.98. The SMILES string of the molecule is Cc1ccc(C(C(C)N)N(C)Cc2cccc(C)n2)cc1. The van der Waals surface area contributed by atoms with Crippen molar-refractivity contribution in [2.24, 2.45) is 5.73 Å². The first-order valence-electron chi connectivity index (χ1n) is 7.42. The standard InChI is InChI=1S/C18H25N3/c1-13-8-10-16(11-9-13)18(15(3)19)21(4)12-17-7-5-6-14(2)20-17/h5-11,15,18H,12,19H2,1-4H3. The molecule has 0 saturated heterocycles. The summed E-state index contributed by atoms with van der Waals surface area (Å²) in [4.78, 5) is 6.86. The first kappa shape index (κ1) is 15.7. The average molecular weight is 283 g/mol. The molecule has 0 bridgehead atoms. The van der Waals surface area contributed by atoms with Gasteiger partial charge in [0, 0.05) is 24.3 Å². The van der Waals surface area contributed by atoms with Gasteiger partial charge in [0.05, 0.1) is 5.69 Å². The summed E-state index contributed by atoms with van der Waals surface area (Å²) in [5.74, 6) is 0. The maximum absolute atomic E-state index is 6.23. The van der Waals surface area contributed by atoms with Gasteiger partial charge in [0.15, 0.2) is 0 Å². The first-order valence-corrected chi connectivity index (χ1v) is 7.42. The molecule has 0 saturated carbocycles. The molecule has 2 unspecified atom stereocenters. The molecule has 3 heteroatoms. The van der Waals surface area contributed by atoms with Crippen molar-refractivity contribution in [1.29, 1.82) is 0 Å². The van der Waals surface area contributed by atoms with Gasteiger partial charge < -0.3 is 5.73 Å². The van der Waals surface area contributed by atoms with Crippen LogP contribution in [-0.4, -0.2) is 23.0 Å². The Morgan fingerprint density at radius 1 is 1.10 bits per heavy atom. The Balaban J connectivity index is 2.19. The fourth-order valence-electron chi connectivity index (χ4n) is 2.76. The van der Waals surface area contributed by atoms with Gasteiger partial charge in [-0.15, -0.1) is 0 Å². The van der Waals surface area contributed by atoms with E-state index in [9.17, 15) is 0 Å². The predicted molar refractivity (Wildman–Crippen MR) is 88.0 cm³/mol. The van der Waals surface area contributed by atoms with Gasteiger partial charge in [-0.25, -0.2) is 0 Å². The van der Waals surface area contributed by atoms with Gasteiger partial charge in [-0.1, -0.05) is 35.9 Å². The van der Waals surface area contributed by atoms with Crippen LogP contribution in [0.15, 0.2) is 42.5 Å². The topological polar surface area (TPSA) is 42.1 Å². The molecule has 2 N–H and O–H groups in total. The van der Waals surface area contributed by atoms with Crippen LogP contribution in [0.3, 0.4) is 0 Å². The van der Waals surface area contributed by atoms with Crippen LogP contribution in [0.1, 0.15) is 35.5 Å². The molecule has 1 heterocycles. The number of nitrogens with two attached hydrogens (primary N) is 1. The second-order valence-electron chi connectivity index (χ2n) is 5.90. The molecule has 112 valence electrons. The van der Waals surface area contributed by atoms with Crippen molar-refractivity contribution in [3.63, 3.8) is 0 Å². The minimum Gasteiger partial charge on any atom is -0.326 e. The van der Waals surface area contributed by atoms with E-state index in [1.807, 2.05) is 13.0 Å². The number of aryl methyl sites for hydroxylation is 2. The highest BCUT2D eigenvalue weighted by molar-refractivity contribution is 5.25. The van der Waals surface area contributed by atoms with E-state index in [1.54, 1.807) is 0 Å². The van der Waals surface area contributed by atoms with E-state index in [0.29, 0.717) is 0 Å². The number of hydrogen-bond donors (Lipinski definition) is 1. The zero-order valence-corrected chi connectivity index (χ0v) is 13.4. The molecule has 1 aromatic heterocycles. The quantitative estimate of drug-likeness (QED) is 0.916. The van der Waals surface area contributed by atoms with Crippen LogP contribution in [0, 0.1) is 13.8 Å². The molecule has 2 rings (SSSR count). The van der Waals surface area contributed by atoms with E-state index in [-0.39, 0.29) is 12.1 Å². The van der Waals surface area contributed by atoms with Crippen molar-refractivity contribution in [2.75, 3.05) is 7.05 Å². The van der Waals surface area contributed by atoms with Gasteiger partial charge in [-0.2, -0.15) is 0 Å². The molecule has 0 aliphatic rings. The van der Waals surface area contributed by atoms with Crippen molar-refractivity contribution >= 4 is 0 Å². The van der Waals surface area contributed by atoms with Gasteiger partial charge in [0.1, 0.15) is 0 Å². The Labute approximate surface area is 127 Å². The maximum atomic E-state index is 6.23. The summed E-state index contributed by atoms with van der Waals surface area (Å²) < 4.78 is 0. The number of aromatic nitrogens is 1. The number of hydrogen-bond acceptors (Lipinski definition) is 3. The molecule has 2 atom stereocenters. The third-order valence-electron chi connectivity index (χ3n) is 3.75. The fourth-order valence-corrected chi connectivity index (χ4v) is 2.76. The van der Waals surface area contributed by atoms with Gasteiger partial charge in [0.25, 0.3) is 0 Å². The molecule has 3 nitrogen and oxygen atoms in total. The van der Waals surface area contributed by atoms with Crippen LogP contribution >= 0.6 is 0 Å². The summed E-state index contributed by atoms with van der Waals surface area (Å²) in [5.41, 5.74) is 10.9. The lowest BCUT2D eigenvalue weighted by Crippen LogP contribution is -2.37. The number of benzene rings is 1. The van der Waals surface area contributed by atoms with E-state index < -0.39 is 0 Å². The molecule has 2 aromatic rings. The monoisotopic (exact) mass is 283 g/mol. The van der Waals surface area contributed by atoms with Crippen LogP contribution in [0.2, 0.25) is 0 Å². The zero-order chi connectivity index (χ0) is 15.4. The van der Waals surface area contributed by atoms with Crippen molar-refractivity contribution < 1.29 is 0 Å². The molecule has 0 fully saturated rings. The summed E-state index contributed by atoms with van der Waals surface area (Å²) in [6, 6.07) is 15.0. The third-order valence-corrected chi connectivity index (χ3v) is 3.75. The summed E-state index contributed by atoms with van der Waals surface area (Å²) in [5, 5.41) is 0. The summed E-state index contributed by atoms with van der Waals surface area (Å²) >= 11 is 0. The Morgan fingerprint density at radius 3 is 2.33 bits per heavy atom. The first-order chi connectivity index (χ1) is 9.97. The van der Waals surface area contributed by atoms with Crippen molar-refractivity contribution in [3.05, 3.63) is 65.0 Å². The van der Waals surface area contributed by atoms with E-state index in [0.717, 1.165) is 17.9 Å². The van der Waals surface area contributed by atoms with E-state index in [4.69, 9.17) is 5.73 Å². The average Bonchev–Trinajstić information content (AvgIpc) is 2.41. The molecule has 0 radical (unpaired) electrons. The van der Waals surface area contributed by atoms with E-state index >= 15 is 0 Å². The Kier molecular flexibility index (Phi) is 5.10. The second kappa shape index (κ2) is 6.83. The van der Waals surface area contributed by atoms with Crippen LogP contribution in [0.5, 0.6) is 0 Å². The van der Waals surface area contributed by atoms with Gasteiger partial charge >= 0.3 is 0 Å². The Bertz CT molecular complexity index is 575. The molecule has 1 aromatic carbocycles. The maximum Gasteiger partial charge on any atom is 0.0547 e. The van der Waals surface area contributed by atoms with Crippen molar-refractivity contribution in [3.8, 4) is 0 Å². The highest BCUT2D eigenvalue weighted by atomic mass is 15.2. The minimum absolute atomic E-state index is 0.0579. The molecule has 0 aliphatic carbocycles. The number of likely N-dealkylation sites (N-methyl/N-ethyl adjacent to an activating group) is 1. The predicted octanol–water partition coefficient (Wildman–Crippen LogP) is 3.22. The molecule has 21 heavy (non-hydrogen) atoms. The number of nitrogens with zero attached hydrogens (tertiary/aromatic N) is 2. The highest BCUT2D eigenvalue weighted by Crippen LogP contribution is 2.24. The summed E-state index contributed by atoms with van der Waals surface area (Å²) in [7, 11) is 2.11. The largest absolute Gasteiger partial charge is 0.326 e.